The largest absolute Gasteiger partial charge is 0.460 e. The molecule has 0 aliphatic heterocycles. The van der Waals surface area contributed by atoms with Crippen molar-refractivity contribution in [2.24, 2.45) is 0 Å². The molecule has 0 radical (unpaired) electrons. The quantitative estimate of drug-likeness (QED) is 0.423. The topological polar surface area (TPSA) is 13.1 Å². The van der Waals surface area contributed by atoms with Crippen molar-refractivity contribution in [3.8, 4) is 11.3 Å². The third-order valence-electron chi connectivity index (χ3n) is 4.41. The summed E-state index contributed by atoms with van der Waals surface area (Å²) in [5.41, 5.74) is 4.86. The Kier molecular flexibility index (Phi) is 5.90. The first kappa shape index (κ1) is 17.3. The molecule has 0 unspecified atom stereocenters. The maximum atomic E-state index is 6.25. The number of hydrogen-bond donors (Lipinski definition) is 0. The van der Waals surface area contributed by atoms with E-state index in [0.29, 0.717) is 0 Å². The van der Waals surface area contributed by atoms with Crippen LogP contribution in [0.3, 0.4) is 0 Å². The minimum atomic E-state index is 0.820. The Morgan fingerprint density at radius 3 is 2.44 bits per heavy atom. The fourth-order valence-electron chi connectivity index (χ4n) is 2.90. The van der Waals surface area contributed by atoms with E-state index in [9.17, 15) is 0 Å². The van der Waals surface area contributed by atoms with Gasteiger partial charge in [-0.15, -0.1) is 0 Å². The normalized spacial score (nSPS) is 11.3. The van der Waals surface area contributed by atoms with Crippen LogP contribution in [0.1, 0.15) is 48.6 Å². The molecule has 0 bridgehead atoms. The molecule has 1 nitrogen and oxygen atoms in total. The summed E-state index contributed by atoms with van der Waals surface area (Å²) in [6, 6.07) is 21.2. The monoisotopic (exact) mass is 330 g/mol. The van der Waals surface area contributed by atoms with Crippen molar-refractivity contribution in [3.63, 3.8) is 0 Å². The minimum Gasteiger partial charge on any atom is -0.460 e. The van der Waals surface area contributed by atoms with Crippen LogP contribution >= 0.6 is 0 Å². The molecule has 25 heavy (non-hydrogen) atoms. The zero-order valence-electron chi connectivity index (χ0n) is 15.2. The molecular formula is C24H26O. The Hall–Kier alpha value is -2.54. The molecular weight excluding hydrogens is 304 g/mol. The van der Waals surface area contributed by atoms with Gasteiger partial charge in [-0.05, 0) is 25.0 Å². The number of aryl methyl sites for hydroxylation is 1. The van der Waals surface area contributed by atoms with Crippen molar-refractivity contribution in [1.29, 1.82) is 0 Å². The number of allylic oxidation sites excluding steroid dienone is 1. The number of furan rings is 1. The van der Waals surface area contributed by atoms with Crippen LogP contribution in [-0.4, -0.2) is 0 Å². The van der Waals surface area contributed by atoms with E-state index in [1.165, 1.54) is 29.5 Å². The minimum absolute atomic E-state index is 0.820. The molecule has 1 aromatic heterocycles. The lowest BCUT2D eigenvalue weighted by Crippen LogP contribution is -1.87. The SMILES string of the molecule is CCCC/C=C/c1cc(-c2ccc(C)cc2)oc1Cc1ccccc1. The Morgan fingerprint density at radius 2 is 1.72 bits per heavy atom. The molecule has 0 saturated carbocycles. The first-order chi connectivity index (χ1) is 12.3. The molecule has 128 valence electrons. The van der Waals surface area contributed by atoms with E-state index in [2.05, 4.69) is 86.7 Å². The van der Waals surface area contributed by atoms with E-state index < -0.39 is 0 Å². The number of hydrogen-bond acceptors (Lipinski definition) is 1. The van der Waals surface area contributed by atoms with Crippen molar-refractivity contribution >= 4 is 6.08 Å². The molecule has 1 heterocycles. The predicted octanol–water partition coefficient (Wildman–Crippen LogP) is 7.05. The van der Waals surface area contributed by atoms with Gasteiger partial charge in [-0.1, -0.05) is 92.1 Å². The highest BCUT2D eigenvalue weighted by atomic mass is 16.3. The van der Waals surface area contributed by atoms with Gasteiger partial charge < -0.3 is 4.42 Å². The van der Waals surface area contributed by atoms with Gasteiger partial charge in [0.25, 0.3) is 0 Å². The van der Waals surface area contributed by atoms with Gasteiger partial charge in [-0.3, -0.25) is 0 Å². The van der Waals surface area contributed by atoms with Crippen molar-refractivity contribution in [1.82, 2.24) is 0 Å². The lowest BCUT2D eigenvalue weighted by molar-refractivity contribution is 0.533. The summed E-state index contributed by atoms with van der Waals surface area (Å²) in [5, 5.41) is 0. The summed E-state index contributed by atoms with van der Waals surface area (Å²) in [6.07, 6.45) is 8.87. The maximum Gasteiger partial charge on any atom is 0.134 e. The highest BCUT2D eigenvalue weighted by Crippen LogP contribution is 2.28. The molecule has 0 atom stereocenters. The van der Waals surface area contributed by atoms with Gasteiger partial charge in [0.1, 0.15) is 11.5 Å². The number of benzene rings is 2. The standard InChI is InChI=1S/C24H26O/c1-3-4-5-9-12-22-18-24(21-15-13-19(2)14-16-21)25-23(22)17-20-10-7-6-8-11-20/h6-16,18H,3-5,17H2,1-2H3/b12-9+. The Labute approximate surface area is 151 Å². The molecule has 3 rings (SSSR count). The molecule has 0 amide bonds. The van der Waals surface area contributed by atoms with Gasteiger partial charge in [-0.25, -0.2) is 0 Å². The smallest absolute Gasteiger partial charge is 0.134 e. The zero-order valence-corrected chi connectivity index (χ0v) is 15.2. The van der Waals surface area contributed by atoms with E-state index in [-0.39, 0.29) is 0 Å². The average Bonchev–Trinajstić information content (AvgIpc) is 3.03. The van der Waals surface area contributed by atoms with E-state index in [1.54, 1.807) is 0 Å². The fraction of sp³-hybridized carbons (Fsp3) is 0.250. The third kappa shape index (κ3) is 4.73. The second kappa shape index (κ2) is 8.53. The molecule has 2 aromatic carbocycles. The Bertz CT molecular complexity index is 807. The first-order valence-corrected chi connectivity index (χ1v) is 9.16. The Balaban J connectivity index is 1.90. The van der Waals surface area contributed by atoms with Gasteiger partial charge in [0.2, 0.25) is 0 Å². The van der Waals surface area contributed by atoms with E-state index >= 15 is 0 Å². The van der Waals surface area contributed by atoms with Gasteiger partial charge in [0.15, 0.2) is 0 Å². The van der Waals surface area contributed by atoms with Crippen molar-refractivity contribution in [2.45, 2.75) is 39.5 Å². The lowest BCUT2D eigenvalue weighted by atomic mass is 10.1. The highest BCUT2D eigenvalue weighted by molar-refractivity contribution is 5.65. The molecule has 0 N–H and O–H groups in total. The summed E-state index contributed by atoms with van der Waals surface area (Å²) >= 11 is 0. The van der Waals surface area contributed by atoms with E-state index in [4.69, 9.17) is 4.42 Å². The molecule has 0 aliphatic carbocycles. The van der Waals surface area contributed by atoms with Gasteiger partial charge in [-0.2, -0.15) is 0 Å². The van der Waals surface area contributed by atoms with Crippen LogP contribution in [0.25, 0.3) is 17.4 Å². The van der Waals surface area contributed by atoms with Crippen LogP contribution in [0.4, 0.5) is 0 Å². The first-order valence-electron chi connectivity index (χ1n) is 9.16. The van der Waals surface area contributed by atoms with Gasteiger partial charge in [0.05, 0.1) is 0 Å². The summed E-state index contributed by atoms with van der Waals surface area (Å²) in [7, 11) is 0. The molecule has 0 spiro atoms. The van der Waals surface area contributed by atoms with Crippen LogP contribution in [0.15, 0.2) is 71.2 Å². The second-order valence-corrected chi connectivity index (χ2v) is 6.56. The summed E-state index contributed by atoms with van der Waals surface area (Å²) < 4.78 is 6.25. The number of rotatable bonds is 7. The van der Waals surface area contributed by atoms with Crippen molar-refractivity contribution < 1.29 is 4.42 Å². The average molecular weight is 330 g/mol. The predicted molar refractivity (Wildman–Crippen MR) is 107 cm³/mol. The van der Waals surface area contributed by atoms with Crippen LogP contribution in [0, 0.1) is 6.92 Å². The van der Waals surface area contributed by atoms with E-state index in [0.717, 1.165) is 29.9 Å². The highest BCUT2D eigenvalue weighted by Gasteiger charge is 2.11. The molecule has 0 fully saturated rings. The molecule has 0 aliphatic rings. The maximum absolute atomic E-state index is 6.25. The number of unbranched alkanes of at least 4 members (excludes halogenated alkanes) is 2. The van der Waals surface area contributed by atoms with Crippen LogP contribution in [-0.2, 0) is 6.42 Å². The Morgan fingerprint density at radius 1 is 0.960 bits per heavy atom. The molecule has 1 heteroatoms. The molecule has 0 saturated heterocycles. The van der Waals surface area contributed by atoms with Crippen molar-refractivity contribution in [2.75, 3.05) is 0 Å². The lowest BCUT2D eigenvalue weighted by Gasteiger charge is -2.01. The summed E-state index contributed by atoms with van der Waals surface area (Å²) in [4.78, 5) is 0. The fourth-order valence-corrected chi connectivity index (χ4v) is 2.90. The zero-order chi connectivity index (χ0) is 17.5. The van der Waals surface area contributed by atoms with Gasteiger partial charge >= 0.3 is 0 Å². The van der Waals surface area contributed by atoms with Crippen LogP contribution in [0.2, 0.25) is 0 Å². The second-order valence-electron chi connectivity index (χ2n) is 6.56. The van der Waals surface area contributed by atoms with Gasteiger partial charge in [0, 0.05) is 17.5 Å². The van der Waals surface area contributed by atoms with E-state index in [1.807, 2.05) is 0 Å². The summed E-state index contributed by atoms with van der Waals surface area (Å²) in [6.45, 7) is 4.33. The van der Waals surface area contributed by atoms with Crippen LogP contribution < -0.4 is 0 Å². The molecule has 3 aromatic rings. The van der Waals surface area contributed by atoms with Crippen molar-refractivity contribution in [3.05, 3.63) is 89.2 Å². The van der Waals surface area contributed by atoms with Crippen LogP contribution in [0.5, 0.6) is 0 Å². The third-order valence-corrected chi connectivity index (χ3v) is 4.41. The summed E-state index contributed by atoms with van der Waals surface area (Å²) in [5.74, 6) is 1.98.